The van der Waals surface area contributed by atoms with Crippen molar-refractivity contribution in [3.63, 3.8) is 0 Å². The summed E-state index contributed by atoms with van der Waals surface area (Å²) in [6, 6.07) is 8.39. The second-order valence-corrected chi connectivity index (χ2v) is 9.14. The summed E-state index contributed by atoms with van der Waals surface area (Å²) in [5, 5.41) is 14.8. The molecule has 186 valence electrons. The lowest BCUT2D eigenvalue weighted by molar-refractivity contribution is -0.137. The quantitative estimate of drug-likeness (QED) is 0.451. The minimum atomic E-state index is -4.81. The van der Waals surface area contributed by atoms with Crippen LogP contribution in [0.3, 0.4) is 0 Å². The zero-order valence-electron chi connectivity index (χ0n) is 19.5. The van der Waals surface area contributed by atoms with E-state index >= 15 is 0 Å². The molecule has 0 bridgehead atoms. The standard InChI is InChI=1S/C25H22F4N6O/c1-35-12-14-8-19(20(36-2)9-17(14)24(13-35)6-7-24)32-23-31-11-15(10-30)22(34-23)33-21-16(25(27,28)29)4-3-5-18(21)26/h3-5,8-9,11H,6-7,12-13H2,1-2H3,(H2,31,32,33,34). The van der Waals surface area contributed by atoms with Crippen molar-refractivity contribution < 1.29 is 22.3 Å². The molecule has 2 aliphatic rings. The Balaban J connectivity index is 1.51. The summed E-state index contributed by atoms with van der Waals surface area (Å²) in [5.74, 6) is -0.819. The second-order valence-electron chi connectivity index (χ2n) is 9.14. The molecule has 11 heteroatoms. The van der Waals surface area contributed by atoms with Crippen LogP contribution in [0.2, 0.25) is 0 Å². The van der Waals surface area contributed by atoms with Gasteiger partial charge in [0.05, 0.1) is 30.2 Å². The van der Waals surface area contributed by atoms with E-state index in [2.05, 4.69) is 32.5 Å². The van der Waals surface area contributed by atoms with Gasteiger partial charge in [0.25, 0.3) is 0 Å². The maximum atomic E-state index is 14.4. The molecule has 36 heavy (non-hydrogen) atoms. The monoisotopic (exact) mass is 498 g/mol. The zero-order chi connectivity index (χ0) is 25.7. The van der Waals surface area contributed by atoms with Gasteiger partial charge >= 0.3 is 6.18 Å². The molecular weight excluding hydrogens is 476 g/mol. The maximum Gasteiger partial charge on any atom is 0.418 e. The number of halogens is 4. The topological polar surface area (TPSA) is 86.1 Å². The van der Waals surface area contributed by atoms with Crippen LogP contribution in [0.4, 0.5) is 40.7 Å². The van der Waals surface area contributed by atoms with Crippen LogP contribution in [0, 0.1) is 17.1 Å². The van der Waals surface area contributed by atoms with Gasteiger partial charge < -0.3 is 20.3 Å². The molecule has 1 aromatic heterocycles. The second kappa shape index (κ2) is 8.64. The highest BCUT2D eigenvalue weighted by molar-refractivity contribution is 5.70. The van der Waals surface area contributed by atoms with Crippen molar-refractivity contribution in [2.45, 2.75) is 31.0 Å². The van der Waals surface area contributed by atoms with Gasteiger partial charge in [0.2, 0.25) is 5.95 Å². The fourth-order valence-electron chi connectivity index (χ4n) is 4.79. The van der Waals surface area contributed by atoms with Gasteiger partial charge in [-0.15, -0.1) is 0 Å². The molecule has 2 aromatic carbocycles. The molecule has 0 radical (unpaired) electrons. The number of benzene rings is 2. The van der Waals surface area contributed by atoms with Gasteiger partial charge in [-0.3, -0.25) is 0 Å². The van der Waals surface area contributed by atoms with Gasteiger partial charge in [-0.25, -0.2) is 9.37 Å². The Morgan fingerprint density at radius 2 is 1.97 bits per heavy atom. The molecule has 0 atom stereocenters. The van der Waals surface area contributed by atoms with Crippen molar-refractivity contribution in [2.75, 3.05) is 31.3 Å². The molecule has 1 fully saturated rings. The molecule has 1 aliphatic heterocycles. The summed E-state index contributed by atoms with van der Waals surface area (Å²) < 4.78 is 60.3. The van der Waals surface area contributed by atoms with Gasteiger partial charge in [0, 0.05) is 18.5 Å². The van der Waals surface area contributed by atoms with Crippen LogP contribution in [-0.2, 0) is 18.1 Å². The van der Waals surface area contributed by atoms with Crippen molar-refractivity contribution in [2.24, 2.45) is 0 Å². The summed E-state index contributed by atoms with van der Waals surface area (Å²) in [6.45, 7) is 1.74. The van der Waals surface area contributed by atoms with Crippen molar-refractivity contribution in [3.8, 4) is 11.8 Å². The van der Waals surface area contributed by atoms with Crippen molar-refractivity contribution in [3.05, 3.63) is 64.6 Å². The van der Waals surface area contributed by atoms with Gasteiger partial charge in [-0.05, 0) is 55.3 Å². The number of fused-ring (bicyclic) bond motifs is 2. The van der Waals surface area contributed by atoms with E-state index in [1.54, 1.807) is 7.11 Å². The lowest BCUT2D eigenvalue weighted by atomic mass is 9.86. The van der Waals surface area contributed by atoms with Crippen LogP contribution in [0.5, 0.6) is 5.75 Å². The van der Waals surface area contributed by atoms with E-state index in [4.69, 9.17) is 4.74 Å². The Bertz CT molecular complexity index is 1380. The Morgan fingerprint density at radius 3 is 2.64 bits per heavy atom. The first-order chi connectivity index (χ1) is 17.1. The summed E-state index contributed by atoms with van der Waals surface area (Å²) in [6.07, 6.45) is -1.43. The fraction of sp³-hybridized carbons (Fsp3) is 0.320. The summed E-state index contributed by atoms with van der Waals surface area (Å²) in [5.41, 5.74) is 0.922. The first-order valence-electron chi connectivity index (χ1n) is 11.2. The van der Waals surface area contributed by atoms with Crippen molar-refractivity contribution >= 4 is 23.1 Å². The van der Waals surface area contributed by atoms with E-state index in [-0.39, 0.29) is 22.7 Å². The summed E-state index contributed by atoms with van der Waals surface area (Å²) >= 11 is 0. The number of aromatic nitrogens is 2. The molecule has 7 nitrogen and oxygen atoms in total. The Kier molecular flexibility index (Phi) is 5.71. The van der Waals surface area contributed by atoms with E-state index in [1.807, 2.05) is 18.2 Å². The normalized spacial score (nSPS) is 16.2. The van der Waals surface area contributed by atoms with E-state index in [0.717, 1.165) is 55.9 Å². The van der Waals surface area contributed by atoms with Crippen LogP contribution in [0.15, 0.2) is 36.5 Å². The number of hydrogen-bond acceptors (Lipinski definition) is 7. The third-order valence-corrected chi connectivity index (χ3v) is 6.58. The van der Waals surface area contributed by atoms with E-state index in [0.29, 0.717) is 11.4 Å². The van der Waals surface area contributed by atoms with E-state index in [9.17, 15) is 22.8 Å². The highest BCUT2D eigenvalue weighted by Gasteiger charge is 2.48. The molecule has 1 spiro atoms. The first-order valence-corrected chi connectivity index (χ1v) is 11.2. The molecule has 1 saturated carbocycles. The largest absolute Gasteiger partial charge is 0.495 e. The number of likely N-dealkylation sites (N-methyl/N-ethyl adjacent to an activating group) is 1. The van der Waals surface area contributed by atoms with Crippen LogP contribution >= 0.6 is 0 Å². The SMILES string of the molecule is COc1cc2c(cc1Nc1ncc(C#N)c(Nc3c(F)cccc3C(F)(F)F)n1)CN(C)CC21CC1. The molecule has 2 N–H and O–H groups in total. The number of ether oxygens (including phenoxy) is 1. The third kappa shape index (κ3) is 4.28. The Morgan fingerprint density at radius 1 is 1.19 bits per heavy atom. The number of alkyl halides is 3. The van der Waals surface area contributed by atoms with Crippen LogP contribution in [0.1, 0.15) is 35.1 Å². The first kappa shape index (κ1) is 23.8. The van der Waals surface area contributed by atoms with Crippen LogP contribution in [0.25, 0.3) is 0 Å². The number of para-hydroxylation sites is 1. The molecule has 1 aliphatic carbocycles. The van der Waals surface area contributed by atoms with E-state index < -0.39 is 23.2 Å². The lowest BCUT2D eigenvalue weighted by Gasteiger charge is -2.33. The number of hydrogen-bond donors (Lipinski definition) is 2. The number of nitriles is 1. The summed E-state index contributed by atoms with van der Waals surface area (Å²) in [7, 11) is 3.62. The zero-order valence-corrected chi connectivity index (χ0v) is 19.5. The number of rotatable bonds is 5. The number of nitrogens with one attached hydrogen (secondary N) is 2. The molecule has 5 rings (SSSR count). The Labute approximate surface area is 204 Å². The number of methoxy groups -OCH3 is 1. The highest BCUT2D eigenvalue weighted by atomic mass is 19.4. The smallest absolute Gasteiger partial charge is 0.418 e. The van der Waals surface area contributed by atoms with Gasteiger partial charge in [0.1, 0.15) is 23.2 Å². The molecular formula is C25H22F4N6O. The average Bonchev–Trinajstić information content (AvgIpc) is 3.59. The number of nitrogens with zero attached hydrogens (tertiary/aromatic N) is 4. The number of anilines is 4. The predicted octanol–water partition coefficient (Wildman–Crippen LogP) is 5.48. The predicted molar refractivity (Wildman–Crippen MR) is 125 cm³/mol. The minimum Gasteiger partial charge on any atom is -0.495 e. The minimum absolute atomic E-state index is 0.00458. The molecule has 0 unspecified atom stereocenters. The molecule has 0 saturated heterocycles. The highest BCUT2D eigenvalue weighted by Crippen LogP contribution is 2.53. The van der Waals surface area contributed by atoms with Crippen molar-refractivity contribution in [1.29, 1.82) is 5.26 Å². The fourth-order valence-corrected chi connectivity index (χ4v) is 4.79. The Hall–Kier alpha value is -3.91. The molecule has 3 aromatic rings. The van der Waals surface area contributed by atoms with Crippen LogP contribution in [-0.4, -0.2) is 35.6 Å². The average molecular weight is 498 g/mol. The lowest BCUT2D eigenvalue weighted by Crippen LogP contribution is -2.35. The maximum absolute atomic E-state index is 14.4. The van der Waals surface area contributed by atoms with Gasteiger partial charge in [-0.2, -0.15) is 23.4 Å². The van der Waals surface area contributed by atoms with Crippen LogP contribution < -0.4 is 15.4 Å². The molecule has 2 heterocycles. The third-order valence-electron chi connectivity index (χ3n) is 6.58. The van der Waals surface area contributed by atoms with E-state index in [1.165, 1.54) is 5.56 Å². The van der Waals surface area contributed by atoms with Gasteiger partial charge in [0.15, 0.2) is 5.82 Å². The van der Waals surface area contributed by atoms with Crippen molar-refractivity contribution in [1.82, 2.24) is 14.9 Å². The molecule has 0 amide bonds. The van der Waals surface area contributed by atoms with Gasteiger partial charge in [-0.1, -0.05) is 6.07 Å². The summed E-state index contributed by atoms with van der Waals surface area (Å²) in [4.78, 5) is 10.6.